The van der Waals surface area contributed by atoms with Gasteiger partial charge in [0.25, 0.3) is 0 Å². The van der Waals surface area contributed by atoms with E-state index in [4.69, 9.17) is 14.2 Å². The van der Waals surface area contributed by atoms with E-state index in [1.807, 2.05) is 19.2 Å². The Kier molecular flexibility index (Phi) is 4.47. The molecule has 1 aliphatic carbocycles. The molecule has 0 aromatic heterocycles. The topological polar surface area (TPSA) is 55.3 Å². The van der Waals surface area contributed by atoms with E-state index in [-0.39, 0.29) is 5.41 Å². The molecule has 3 unspecified atom stereocenters. The highest BCUT2D eigenvalue weighted by Gasteiger charge is 2.58. The summed E-state index contributed by atoms with van der Waals surface area (Å²) in [4.78, 5) is 6.67. The van der Waals surface area contributed by atoms with Gasteiger partial charge in [-0.1, -0.05) is 19.9 Å². The third kappa shape index (κ3) is 2.90. The molecular weight excluding hydrogens is 330 g/mol. The average Bonchev–Trinajstić information content (AvgIpc) is 3.10. The van der Waals surface area contributed by atoms with Crippen molar-refractivity contribution in [3.63, 3.8) is 0 Å². The summed E-state index contributed by atoms with van der Waals surface area (Å²) in [5.41, 5.74) is 1.30. The summed E-state index contributed by atoms with van der Waals surface area (Å²) in [6.45, 7) is 6.55. The van der Waals surface area contributed by atoms with Crippen LogP contribution < -0.4 is 14.8 Å². The number of hydrogen-bond acceptors (Lipinski definition) is 4. The molecule has 3 atom stereocenters. The number of nitrogens with one attached hydrogen (secondary N) is 1. The number of aliphatic imine (C=N–C) groups is 1. The molecule has 1 aromatic carbocycles. The van der Waals surface area contributed by atoms with Crippen molar-refractivity contribution in [1.29, 1.82) is 0 Å². The minimum absolute atomic E-state index is 0.126. The number of fused-ring (bicyclic) bond motifs is 2. The monoisotopic (exact) mass is 359 g/mol. The number of benzene rings is 1. The van der Waals surface area contributed by atoms with E-state index < -0.39 is 0 Å². The van der Waals surface area contributed by atoms with Gasteiger partial charge in [-0.2, -0.15) is 0 Å². The van der Waals surface area contributed by atoms with Crippen LogP contribution >= 0.6 is 0 Å². The summed E-state index contributed by atoms with van der Waals surface area (Å²) in [6, 6.07) is 6.49. The smallest absolute Gasteiger partial charge is 0.231 e. The van der Waals surface area contributed by atoms with Gasteiger partial charge in [0.1, 0.15) is 0 Å². The van der Waals surface area contributed by atoms with Crippen molar-refractivity contribution in [3.05, 3.63) is 23.8 Å². The van der Waals surface area contributed by atoms with Crippen LogP contribution in [0.1, 0.15) is 32.3 Å². The van der Waals surface area contributed by atoms with Crippen LogP contribution in [0.2, 0.25) is 0 Å². The van der Waals surface area contributed by atoms with Crippen molar-refractivity contribution in [2.45, 2.75) is 45.4 Å². The van der Waals surface area contributed by atoms with Crippen molar-refractivity contribution in [2.75, 3.05) is 27.5 Å². The Bertz CT molecular complexity index is 704. The predicted octanol–water partition coefficient (Wildman–Crippen LogP) is 2.63. The van der Waals surface area contributed by atoms with E-state index >= 15 is 0 Å². The van der Waals surface area contributed by atoms with Crippen LogP contribution in [-0.4, -0.2) is 50.5 Å². The Labute approximate surface area is 155 Å². The largest absolute Gasteiger partial charge is 0.454 e. The summed E-state index contributed by atoms with van der Waals surface area (Å²) >= 11 is 0. The van der Waals surface area contributed by atoms with Crippen molar-refractivity contribution >= 4 is 5.96 Å². The van der Waals surface area contributed by atoms with Crippen LogP contribution in [-0.2, 0) is 11.3 Å². The fraction of sp³-hybridized carbons (Fsp3) is 0.650. The molecule has 1 N–H and O–H groups in total. The first-order chi connectivity index (χ1) is 12.5. The lowest BCUT2D eigenvalue weighted by Gasteiger charge is -2.60. The maximum absolute atomic E-state index is 6.02. The van der Waals surface area contributed by atoms with Gasteiger partial charge in [0.15, 0.2) is 17.5 Å². The van der Waals surface area contributed by atoms with E-state index in [0.29, 0.717) is 24.9 Å². The fourth-order valence-electron chi connectivity index (χ4n) is 4.69. The third-order valence-corrected chi connectivity index (χ3v) is 6.05. The van der Waals surface area contributed by atoms with E-state index in [2.05, 4.69) is 42.2 Å². The second-order valence-corrected chi connectivity index (χ2v) is 8.13. The molecule has 1 aromatic rings. The maximum Gasteiger partial charge on any atom is 0.231 e. The zero-order chi connectivity index (χ0) is 18.3. The first-order valence-electron chi connectivity index (χ1n) is 9.45. The third-order valence-electron chi connectivity index (χ3n) is 6.05. The van der Waals surface area contributed by atoms with E-state index in [0.717, 1.165) is 37.0 Å². The first kappa shape index (κ1) is 17.5. The Hall–Kier alpha value is -1.95. The summed E-state index contributed by atoms with van der Waals surface area (Å²) in [5, 5.41) is 3.70. The number of ether oxygens (including phenoxy) is 3. The second-order valence-electron chi connectivity index (χ2n) is 8.13. The van der Waals surface area contributed by atoms with Gasteiger partial charge >= 0.3 is 0 Å². The molecule has 6 heteroatoms. The van der Waals surface area contributed by atoms with Gasteiger partial charge < -0.3 is 24.4 Å². The number of rotatable bonds is 3. The van der Waals surface area contributed by atoms with Gasteiger partial charge in [0.2, 0.25) is 6.79 Å². The molecule has 26 heavy (non-hydrogen) atoms. The normalized spacial score (nSPS) is 28.9. The molecule has 6 nitrogen and oxygen atoms in total. The van der Waals surface area contributed by atoms with E-state index in [9.17, 15) is 0 Å². The predicted molar refractivity (Wildman–Crippen MR) is 101 cm³/mol. The first-order valence-corrected chi connectivity index (χ1v) is 9.45. The minimum Gasteiger partial charge on any atom is -0.454 e. The molecular formula is C20H29N3O3. The van der Waals surface area contributed by atoms with Crippen LogP contribution in [0.25, 0.3) is 0 Å². The van der Waals surface area contributed by atoms with Gasteiger partial charge in [0.05, 0.1) is 6.10 Å². The van der Waals surface area contributed by atoms with E-state index in [1.165, 1.54) is 12.0 Å². The minimum atomic E-state index is 0.126. The molecule has 1 saturated carbocycles. The lowest BCUT2D eigenvalue weighted by molar-refractivity contribution is -0.188. The highest BCUT2D eigenvalue weighted by molar-refractivity contribution is 5.80. The van der Waals surface area contributed by atoms with Crippen molar-refractivity contribution in [1.82, 2.24) is 10.2 Å². The lowest BCUT2D eigenvalue weighted by Crippen LogP contribution is -2.71. The zero-order valence-electron chi connectivity index (χ0n) is 16.1. The van der Waals surface area contributed by atoms with Crippen LogP contribution in [0, 0.1) is 11.3 Å². The van der Waals surface area contributed by atoms with Crippen molar-refractivity contribution in [3.8, 4) is 11.5 Å². The van der Waals surface area contributed by atoms with Crippen LogP contribution in [0.5, 0.6) is 11.5 Å². The molecule has 0 radical (unpaired) electrons. The van der Waals surface area contributed by atoms with Gasteiger partial charge in [-0.25, -0.2) is 0 Å². The van der Waals surface area contributed by atoms with Gasteiger partial charge in [-0.05, 0) is 30.5 Å². The van der Waals surface area contributed by atoms with Gasteiger partial charge in [-0.3, -0.25) is 4.99 Å². The van der Waals surface area contributed by atoms with Crippen LogP contribution in [0.3, 0.4) is 0 Å². The molecule has 0 bridgehead atoms. The zero-order valence-corrected chi connectivity index (χ0v) is 16.1. The Morgan fingerprint density at radius 3 is 2.92 bits per heavy atom. The number of guanidine groups is 1. The molecule has 0 spiro atoms. The van der Waals surface area contributed by atoms with Crippen molar-refractivity contribution in [2.24, 2.45) is 16.3 Å². The maximum atomic E-state index is 6.02. The summed E-state index contributed by atoms with van der Waals surface area (Å²) in [5.74, 6) is 3.14. The molecule has 142 valence electrons. The second kappa shape index (κ2) is 6.65. The lowest BCUT2D eigenvalue weighted by atomic mass is 9.55. The van der Waals surface area contributed by atoms with Crippen LogP contribution in [0.4, 0.5) is 0 Å². The molecule has 1 saturated heterocycles. The molecule has 2 aliphatic heterocycles. The quantitative estimate of drug-likeness (QED) is 0.664. The van der Waals surface area contributed by atoms with Gasteiger partial charge in [-0.15, -0.1) is 0 Å². The SMILES string of the molecule is CN=C(NC1C2CCCOC2C1(C)C)N(C)Cc1ccc2c(c1)OCO2. The molecule has 2 fully saturated rings. The van der Waals surface area contributed by atoms with Gasteiger partial charge in [0, 0.05) is 44.6 Å². The highest BCUT2D eigenvalue weighted by Crippen LogP contribution is 2.51. The van der Waals surface area contributed by atoms with Crippen molar-refractivity contribution < 1.29 is 14.2 Å². The summed E-state index contributed by atoms with van der Waals surface area (Å²) in [6.07, 6.45) is 2.75. The summed E-state index contributed by atoms with van der Waals surface area (Å²) < 4.78 is 16.9. The molecule has 4 rings (SSSR count). The fourth-order valence-corrected chi connectivity index (χ4v) is 4.69. The standard InChI is InChI=1S/C20H29N3O3/c1-20(2)17(14-6-5-9-24-18(14)20)22-19(21-3)23(4)11-13-7-8-15-16(10-13)26-12-25-15/h7-8,10,14,17-18H,5-6,9,11-12H2,1-4H3,(H,21,22). The Morgan fingerprint density at radius 2 is 2.12 bits per heavy atom. The average molecular weight is 359 g/mol. The summed E-state index contributed by atoms with van der Waals surface area (Å²) in [7, 11) is 3.92. The Balaban J connectivity index is 1.42. The molecule has 2 heterocycles. The number of nitrogens with zero attached hydrogens (tertiary/aromatic N) is 2. The van der Waals surface area contributed by atoms with E-state index in [1.54, 1.807) is 0 Å². The number of hydrogen-bond donors (Lipinski definition) is 1. The van der Waals surface area contributed by atoms with Crippen LogP contribution in [0.15, 0.2) is 23.2 Å². The molecule has 0 amide bonds. The molecule has 3 aliphatic rings. The Morgan fingerprint density at radius 1 is 1.31 bits per heavy atom. The highest BCUT2D eigenvalue weighted by atomic mass is 16.7.